The Morgan fingerprint density at radius 2 is 2.43 bits per heavy atom. The molecule has 2 aliphatic heterocycles. The van der Waals surface area contributed by atoms with E-state index in [4.69, 9.17) is 16.3 Å². The van der Waals surface area contributed by atoms with E-state index in [1.807, 2.05) is 12.1 Å². The van der Waals surface area contributed by atoms with Crippen LogP contribution in [0.25, 0.3) is 0 Å². The van der Waals surface area contributed by atoms with Crippen molar-refractivity contribution in [3.63, 3.8) is 0 Å². The maximum Gasteiger partial charge on any atom is 0.191 e. The van der Waals surface area contributed by atoms with E-state index in [2.05, 4.69) is 25.5 Å². The molecule has 126 valence electrons. The van der Waals surface area contributed by atoms with Gasteiger partial charge in [0.05, 0.1) is 11.1 Å². The van der Waals surface area contributed by atoms with Gasteiger partial charge in [-0.05, 0) is 31.4 Å². The SMILES string of the molecule is CN=C(NCC1CCCO1)NC1CCN(c2ncccc2Cl)C1. The molecule has 2 unspecified atom stereocenters. The normalized spacial score (nSPS) is 25.0. The molecular weight excluding hydrogens is 314 g/mol. The first kappa shape index (κ1) is 16.3. The molecule has 7 heteroatoms. The summed E-state index contributed by atoms with van der Waals surface area (Å²) in [6.45, 7) is 3.50. The van der Waals surface area contributed by atoms with Gasteiger partial charge in [0.2, 0.25) is 0 Å². The molecule has 2 saturated heterocycles. The molecule has 0 bridgehead atoms. The van der Waals surface area contributed by atoms with Crippen molar-refractivity contribution in [2.75, 3.05) is 38.2 Å². The van der Waals surface area contributed by atoms with Gasteiger partial charge in [-0.3, -0.25) is 4.99 Å². The summed E-state index contributed by atoms with van der Waals surface area (Å²) in [5.41, 5.74) is 0. The van der Waals surface area contributed by atoms with Crippen LogP contribution in [0.3, 0.4) is 0 Å². The van der Waals surface area contributed by atoms with Gasteiger partial charge < -0.3 is 20.3 Å². The van der Waals surface area contributed by atoms with E-state index in [1.54, 1.807) is 13.2 Å². The fraction of sp³-hybridized carbons (Fsp3) is 0.625. The molecule has 0 aliphatic carbocycles. The second-order valence-corrected chi connectivity index (χ2v) is 6.38. The number of ether oxygens (including phenoxy) is 1. The molecule has 23 heavy (non-hydrogen) atoms. The van der Waals surface area contributed by atoms with Crippen molar-refractivity contribution in [1.29, 1.82) is 0 Å². The number of nitrogens with one attached hydrogen (secondary N) is 2. The second-order valence-electron chi connectivity index (χ2n) is 5.97. The van der Waals surface area contributed by atoms with E-state index in [1.165, 1.54) is 0 Å². The van der Waals surface area contributed by atoms with Gasteiger partial charge in [0.25, 0.3) is 0 Å². The van der Waals surface area contributed by atoms with Gasteiger partial charge in [0.1, 0.15) is 5.82 Å². The van der Waals surface area contributed by atoms with Gasteiger partial charge in [-0.1, -0.05) is 11.6 Å². The average molecular weight is 338 g/mol. The van der Waals surface area contributed by atoms with Crippen LogP contribution >= 0.6 is 11.6 Å². The molecule has 0 spiro atoms. The molecule has 3 rings (SSSR count). The van der Waals surface area contributed by atoms with Crippen LogP contribution in [0.5, 0.6) is 0 Å². The maximum atomic E-state index is 6.23. The van der Waals surface area contributed by atoms with Gasteiger partial charge in [-0.15, -0.1) is 0 Å². The van der Waals surface area contributed by atoms with Crippen LogP contribution in [0.2, 0.25) is 5.02 Å². The van der Waals surface area contributed by atoms with Gasteiger partial charge >= 0.3 is 0 Å². The Bertz CT molecular complexity index is 547. The summed E-state index contributed by atoms with van der Waals surface area (Å²) in [5, 5.41) is 7.54. The van der Waals surface area contributed by atoms with E-state index < -0.39 is 0 Å². The number of nitrogens with zero attached hydrogens (tertiary/aromatic N) is 3. The van der Waals surface area contributed by atoms with Crippen LogP contribution in [0, 0.1) is 0 Å². The summed E-state index contributed by atoms with van der Waals surface area (Å²) in [6.07, 6.45) is 5.40. The molecule has 3 heterocycles. The van der Waals surface area contributed by atoms with E-state index in [0.717, 1.165) is 57.3 Å². The van der Waals surface area contributed by atoms with Crippen LogP contribution in [0.4, 0.5) is 5.82 Å². The number of anilines is 1. The number of rotatable bonds is 4. The topological polar surface area (TPSA) is 61.8 Å². The number of hydrogen-bond acceptors (Lipinski definition) is 4. The van der Waals surface area contributed by atoms with Crippen LogP contribution < -0.4 is 15.5 Å². The summed E-state index contributed by atoms with van der Waals surface area (Å²) in [6, 6.07) is 4.07. The largest absolute Gasteiger partial charge is 0.376 e. The number of aliphatic imine (C=N–C) groups is 1. The Labute approximate surface area is 142 Å². The molecule has 2 N–H and O–H groups in total. The number of halogens is 1. The van der Waals surface area contributed by atoms with Crippen molar-refractivity contribution in [2.24, 2.45) is 4.99 Å². The third-order valence-corrected chi connectivity index (χ3v) is 4.61. The van der Waals surface area contributed by atoms with E-state index in [9.17, 15) is 0 Å². The second kappa shape index (κ2) is 7.84. The first-order valence-electron chi connectivity index (χ1n) is 8.20. The first-order chi connectivity index (χ1) is 11.3. The highest BCUT2D eigenvalue weighted by Gasteiger charge is 2.25. The quantitative estimate of drug-likeness (QED) is 0.646. The van der Waals surface area contributed by atoms with Crippen molar-refractivity contribution in [3.05, 3.63) is 23.4 Å². The lowest BCUT2D eigenvalue weighted by Crippen LogP contribution is -2.46. The highest BCUT2D eigenvalue weighted by Crippen LogP contribution is 2.25. The van der Waals surface area contributed by atoms with E-state index in [-0.39, 0.29) is 0 Å². The predicted octanol–water partition coefficient (Wildman–Crippen LogP) is 1.66. The summed E-state index contributed by atoms with van der Waals surface area (Å²) < 4.78 is 5.63. The lowest BCUT2D eigenvalue weighted by Gasteiger charge is -2.21. The zero-order valence-corrected chi connectivity index (χ0v) is 14.2. The molecule has 2 aliphatic rings. The molecule has 0 saturated carbocycles. The molecular formula is C16H24ClN5O. The summed E-state index contributed by atoms with van der Waals surface area (Å²) in [4.78, 5) is 10.9. The third-order valence-electron chi connectivity index (χ3n) is 4.31. The molecule has 1 aromatic heterocycles. The highest BCUT2D eigenvalue weighted by atomic mass is 35.5. The Kier molecular flexibility index (Phi) is 5.56. The molecule has 6 nitrogen and oxygen atoms in total. The zero-order chi connectivity index (χ0) is 16.1. The molecule has 0 aromatic carbocycles. The molecule has 0 radical (unpaired) electrons. The van der Waals surface area contributed by atoms with Crippen LogP contribution in [-0.2, 0) is 4.74 Å². The lowest BCUT2D eigenvalue weighted by molar-refractivity contribution is 0.113. The van der Waals surface area contributed by atoms with Crippen molar-refractivity contribution in [3.8, 4) is 0 Å². The van der Waals surface area contributed by atoms with Crippen molar-refractivity contribution < 1.29 is 4.74 Å². The van der Waals surface area contributed by atoms with Gasteiger partial charge in [0, 0.05) is 45.5 Å². The van der Waals surface area contributed by atoms with E-state index >= 15 is 0 Å². The van der Waals surface area contributed by atoms with Gasteiger partial charge in [0.15, 0.2) is 5.96 Å². The van der Waals surface area contributed by atoms with Crippen molar-refractivity contribution >= 4 is 23.4 Å². The Hall–Kier alpha value is -1.53. The minimum Gasteiger partial charge on any atom is -0.376 e. The maximum absolute atomic E-state index is 6.23. The highest BCUT2D eigenvalue weighted by molar-refractivity contribution is 6.32. The summed E-state index contributed by atoms with van der Waals surface area (Å²) in [7, 11) is 1.80. The predicted molar refractivity (Wildman–Crippen MR) is 93.3 cm³/mol. The summed E-state index contributed by atoms with van der Waals surface area (Å²) >= 11 is 6.23. The minimum absolute atomic E-state index is 0.306. The Balaban J connectivity index is 1.49. The number of pyridine rings is 1. The fourth-order valence-electron chi connectivity index (χ4n) is 3.08. The lowest BCUT2D eigenvalue weighted by atomic mass is 10.2. The van der Waals surface area contributed by atoms with Crippen molar-refractivity contribution in [2.45, 2.75) is 31.4 Å². The molecule has 2 fully saturated rings. The molecule has 0 amide bonds. The minimum atomic E-state index is 0.306. The van der Waals surface area contributed by atoms with Crippen LogP contribution in [-0.4, -0.2) is 56.4 Å². The van der Waals surface area contributed by atoms with Gasteiger partial charge in [-0.25, -0.2) is 4.98 Å². The monoisotopic (exact) mass is 337 g/mol. The molecule has 1 aromatic rings. The van der Waals surface area contributed by atoms with Gasteiger partial charge in [-0.2, -0.15) is 0 Å². The smallest absolute Gasteiger partial charge is 0.191 e. The number of hydrogen-bond donors (Lipinski definition) is 2. The summed E-state index contributed by atoms with van der Waals surface area (Å²) in [5.74, 6) is 1.69. The Morgan fingerprint density at radius 1 is 1.52 bits per heavy atom. The number of aromatic nitrogens is 1. The number of guanidine groups is 1. The van der Waals surface area contributed by atoms with Crippen molar-refractivity contribution in [1.82, 2.24) is 15.6 Å². The zero-order valence-electron chi connectivity index (χ0n) is 13.5. The Morgan fingerprint density at radius 3 is 3.17 bits per heavy atom. The first-order valence-corrected chi connectivity index (χ1v) is 8.58. The van der Waals surface area contributed by atoms with Crippen LogP contribution in [0.1, 0.15) is 19.3 Å². The van der Waals surface area contributed by atoms with E-state index in [0.29, 0.717) is 17.2 Å². The molecule has 2 atom stereocenters. The fourth-order valence-corrected chi connectivity index (χ4v) is 3.33. The average Bonchev–Trinajstić information content (AvgIpc) is 3.23. The van der Waals surface area contributed by atoms with Crippen LogP contribution in [0.15, 0.2) is 23.3 Å². The third kappa shape index (κ3) is 4.26. The standard InChI is InChI=1S/C16H24ClN5O/c1-18-16(20-10-13-4-3-9-23-13)21-12-6-8-22(11-12)15-14(17)5-2-7-19-15/h2,5,7,12-13H,3-4,6,8-11H2,1H3,(H2,18,20,21).